The molecule has 29 heavy (non-hydrogen) atoms. The molecule has 0 aliphatic carbocycles. The number of likely N-dealkylation sites (tertiary alicyclic amines) is 1. The van der Waals surface area contributed by atoms with Crippen molar-refractivity contribution in [2.75, 3.05) is 40.3 Å². The van der Waals surface area contributed by atoms with Gasteiger partial charge in [-0.15, -0.1) is 0 Å². The molecule has 4 rings (SSSR count). The van der Waals surface area contributed by atoms with Crippen LogP contribution < -0.4 is 10.1 Å². The van der Waals surface area contributed by atoms with Crippen molar-refractivity contribution >= 4 is 5.91 Å². The molecule has 2 aliphatic rings. The zero-order chi connectivity index (χ0) is 20.4. The highest BCUT2D eigenvalue weighted by atomic mass is 19.1. The molecule has 5 nitrogen and oxygen atoms in total. The number of benzene rings is 2. The first-order chi connectivity index (χ1) is 14.0. The first-order valence-electron chi connectivity index (χ1n) is 10.1. The molecule has 154 valence electrons. The molecule has 2 aromatic rings. The molecule has 0 aromatic heterocycles. The van der Waals surface area contributed by atoms with E-state index >= 15 is 0 Å². The van der Waals surface area contributed by atoms with E-state index in [1.54, 1.807) is 19.2 Å². The van der Waals surface area contributed by atoms with Gasteiger partial charge in [-0.3, -0.25) is 9.69 Å². The van der Waals surface area contributed by atoms with Crippen LogP contribution in [0.3, 0.4) is 0 Å². The summed E-state index contributed by atoms with van der Waals surface area (Å²) in [6.45, 7) is 3.65. The third-order valence-corrected chi connectivity index (χ3v) is 6.11. The molecule has 1 N–H and O–H groups in total. The van der Waals surface area contributed by atoms with Gasteiger partial charge in [-0.1, -0.05) is 24.3 Å². The van der Waals surface area contributed by atoms with E-state index in [0.717, 1.165) is 36.5 Å². The smallest absolute Gasteiger partial charge is 0.237 e. The Hall–Kier alpha value is -2.44. The van der Waals surface area contributed by atoms with Gasteiger partial charge in [0.1, 0.15) is 11.6 Å². The van der Waals surface area contributed by atoms with Crippen LogP contribution in [0.25, 0.3) is 0 Å². The van der Waals surface area contributed by atoms with Crippen molar-refractivity contribution < 1.29 is 13.9 Å². The summed E-state index contributed by atoms with van der Waals surface area (Å²) in [5.74, 6) is 1.66. The number of hydrogen-bond acceptors (Lipinski definition) is 4. The molecule has 1 amide bonds. The average molecular weight is 397 g/mol. The predicted molar refractivity (Wildman–Crippen MR) is 110 cm³/mol. The zero-order valence-corrected chi connectivity index (χ0v) is 17.0. The summed E-state index contributed by atoms with van der Waals surface area (Å²) in [5, 5.41) is 3.48. The van der Waals surface area contributed by atoms with E-state index < -0.39 is 0 Å². The van der Waals surface area contributed by atoms with Gasteiger partial charge in [0.25, 0.3) is 0 Å². The second kappa shape index (κ2) is 8.51. The Morgan fingerprint density at radius 3 is 2.59 bits per heavy atom. The van der Waals surface area contributed by atoms with E-state index in [1.807, 2.05) is 24.1 Å². The summed E-state index contributed by atoms with van der Waals surface area (Å²) in [5.41, 5.74) is 2.16. The third kappa shape index (κ3) is 4.28. The summed E-state index contributed by atoms with van der Waals surface area (Å²) >= 11 is 0. The summed E-state index contributed by atoms with van der Waals surface area (Å²) in [4.78, 5) is 17.3. The number of rotatable bonds is 6. The number of carbonyl (C=O) groups is 1. The Bertz CT molecular complexity index is 840. The van der Waals surface area contributed by atoms with Gasteiger partial charge in [0.15, 0.2) is 0 Å². The molecule has 2 saturated heterocycles. The number of nitrogens with zero attached hydrogens (tertiary/aromatic N) is 2. The fraction of sp³-hybridized carbons (Fsp3) is 0.435. The SMILES string of the molecule is COc1ccc([C@H]2[C@H]3CNC[C@H]3CN2C(=O)CN(C)Cc2ccc(F)cc2)cc1. The topological polar surface area (TPSA) is 44.8 Å². The quantitative estimate of drug-likeness (QED) is 0.814. The lowest BCUT2D eigenvalue weighted by atomic mass is 9.89. The molecule has 0 spiro atoms. The highest BCUT2D eigenvalue weighted by molar-refractivity contribution is 5.79. The van der Waals surface area contributed by atoms with Crippen LogP contribution >= 0.6 is 0 Å². The fourth-order valence-electron chi connectivity index (χ4n) is 4.68. The van der Waals surface area contributed by atoms with Crippen LogP contribution in [0.15, 0.2) is 48.5 Å². The number of amides is 1. The molecule has 0 radical (unpaired) electrons. The second-order valence-corrected chi connectivity index (χ2v) is 8.15. The van der Waals surface area contributed by atoms with Gasteiger partial charge >= 0.3 is 0 Å². The normalized spacial score (nSPS) is 23.4. The third-order valence-electron chi connectivity index (χ3n) is 6.11. The first-order valence-corrected chi connectivity index (χ1v) is 10.1. The van der Waals surface area contributed by atoms with Crippen LogP contribution in [-0.4, -0.2) is 56.0 Å². The van der Waals surface area contributed by atoms with Gasteiger partial charge in [-0.05, 0) is 48.4 Å². The van der Waals surface area contributed by atoms with Crippen LogP contribution in [0.1, 0.15) is 17.2 Å². The maximum absolute atomic E-state index is 13.2. The molecule has 0 bridgehead atoms. The number of hydrogen-bond donors (Lipinski definition) is 1. The number of halogens is 1. The van der Waals surface area contributed by atoms with Crippen molar-refractivity contribution in [3.8, 4) is 5.75 Å². The van der Waals surface area contributed by atoms with Crippen molar-refractivity contribution in [2.24, 2.45) is 11.8 Å². The minimum atomic E-state index is -0.243. The van der Waals surface area contributed by atoms with E-state index in [2.05, 4.69) is 22.3 Å². The maximum atomic E-state index is 13.2. The standard InChI is InChI=1S/C23H28FN3O2/c1-26(13-16-3-7-19(24)8-4-16)15-22(28)27-14-18-11-25-12-21(18)23(27)17-5-9-20(29-2)10-6-17/h3-10,18,21,23,25H,11-15H2,1-2H3/t18-,21-,23-/m0/s1. The van der Waals surface area contributed by atoms with Gasteiger partial charge in [0.2, 0.25) is 5.91 Å². The summed E-state index contributed by atoms with van der Waals surface area (Å²) < 4.78 is 18.4. The van der Waals surface area contributed by atoms with Crippen LogP contribution in [0.4, 0.5) is 4.39 Å². The Balaban J connectivity index is 1.47. The molecular weight excluding hydrogens is 369 g/mol. The van der Waals surface area contributed by atoms with Crippen LogP contribution in [-0.2, 0) is 11.3 Å². The van der Waals surface area contributed by atoms with E-state index in [1.165, 1.54) is 12.1 Å². The highest BCUT2D eigenvalue weighted by Gasteiger charge is 2.46. The first kappa shape index (κ1) is 19.9. The Morgan fingerprint density at radius 2 is 1.90 bits per heavy atom. The predicted octanol–water partition coefficient (Wildman–Crippen LogP) is 2.69. The molecular formula is C23H28FN3O2. The van der Waals surface area contributed by atoms with Crippen molar-refractivity contribution in [1.82, 2.24) is 15.1 Å². The molecule has 3 atom stereocenters. The minimum absolute atomic E-state index is 0.0904. The van der Waals surface area contributed by atoms with Crippen molar-refractivity contribution in [1.29, 1.82) is 0 Å². The van der Waals surface area contributed by atoms with Crippen LogP contribution in [0, 0.1) is 17.7 Å². The van der Waals surface area contributed by atoms with E-state index in [0.29, 0.717) is 24.9 Å². The van der Waals surface area contributed by atoms with Crippen molar-refractivity contribution in [3.05, 3.63) is 65.5 Å². The van der Waals surface area contributed by atoms with Gasteiger partial charge in [-0.2, -0.15) is 0 Å². The number of ether oxygens (including phenoxy) is 1. The molecule has 2 fully saturated rings. The van der Waals surface area contributed by atoms with E-state index in [-0.39, 0.29) is 17.8 Å². The zero-order valence-electron chi connectivity index (χ0n) is 17.0. The van der Waals surface area contributed by atoms with Gasteiger partial charge in [0, 0.05) is 32.1 Å². The molecule has 6 heteroatoms. The van der Waals surface area contributed by atoms with Crippen LogP contribution in [0.2, 0.25) is 0 Å². The second-order valence-electron chi connectivity index (χ2n) is 8.15. The number of methoxy groups -OCH3 is 1. The Labute approximate surface area is 171 Å². The fourth-order valence-corrected chi connectivity index (χ4v) is 4.68. The number of carbonyl (C=O) groups excluding carboxylic acids is 1. The molecule has 2 heterocycles. The van der Waals surface area contributed by atoms with Crippen LogP contribution in [0.5, 0.6) is 5.75 Å². The monoisotopic (exact) mass is 397 g/mol. The summed E-state index contributed by atoms with van der Waals surface area (Å²) in [6, 6.07) is 14.6. The Morgan fingerprint density at radius 1 is 1.17 bits per heavy atom. The Kier molecular flexibility index (Phi) is 5.83. The van der Waals surface area contributed by atoms with Crippen molar-refractivity contribution in [3.63, 3.8) is 0 Å². The van der Waals surface area contributed by atoms with E-state index in [9.17, 15) is 9.18 Å². The van der Waals surface area contributed by atoms with Crippen molar-refractivity contribution in [2.45, 2.75) is 12.6 Å². The molecule has 2 aromatic carbocycles. The summed E-state index contributed by atoms with van der Waals surface area (Å²) in [7, 11) is 3.59. The van der Waals surface area contributed by atoms with E-state index in [4.69, 9.17) is 4.74 Å². The number of fused-ring (bicyclic) bond motifs is 1. The minimum Gasteiger partial charge on any atom is -0.497 e. The molecule has 0 saturated carbocycles. The van der Waals surface area contributed by atoms with Gasteiger partial charge in [0.05, 0.1) is 19.7 Å². The average Bonchev–Trinajstić information content (AvgIpc) is 3.31. The number of likely N-dealkylation sites (N-methyl/N-ethyl adjacent to an activating group) is 1. The molecule has 0 unspecified atom stereocenters. The highest BCUT2D eigenvalue weighted by Crippen LogP contribution is 2.43. The lowest BCUT2D eigenvalue weighted by molar-refractivity contribution is -0.133. The van der Waals surface area contributed by atoms with Gasteiger partial charge < -0.3 is 15.0 Å². The lowest BCUT2D eigenvalue weighted by Gasteiger charge is -2.30. The maximum Gasteiger partial charge on any atom is 0.237 e. The lowest BCUT2D eigenvalue weighted by Crippen LogP contribution is -2.40. The molecule has 2 aliphatic heterocycles. The summed E-state index contributed by atoms with van der Waals surface area (Å²) in [6.07, 6.45) is 0. The van der Waals surface area contributed by atoms with Gasteiger partial charge in [-0.25, -0.2) is 4.39 Å². The largest absolute Gasteiger partial charge is 0.497 e. The number of nitrogens with one attached hydrogen (secondary N) is 1.